The van der Waals surface area contributed by atoms with Gasteiger partial charge in [-0.2, -0.15) is 20.2 Å². The van der Waals surface area contributed by atoms with Crippen LogP contribution < -0.4 is 0 Å². The third-order valence-corrected chi connectivity index (χ3v) is 8.06. The lowest BCUT2D eigenvalue weighted by Gasteiger charge is -2.18. The van der Waals surface area contributed by atoms with Crippen LogP contribution in [0.3, 0.4) is 0 Å². The van der Waals surface area contributed by atoms with Crippen LogP contribution in [0.25, 0.3) is 0 Å². The van der Waals surface area contributed by atoms with E-state index in [4.69, 9.17) is 8.92 Å². The van der Waals surface area contributed by atoms with Crippen LogP contribution in [-0.2, 0) is 19.0 Å². The summed E-state index contributed by atoms with van der Waals surface area (Å²) in [7, 11) is -4.02. The van der Waals surface area contributed by atoms with Crippen LogP contribution in [0.5, 0.6) is 5.75 Å². The standard InChI is InChI=1S/C19H20BrNO7S2/c20-18-7-10-29-19(16-6-3-14(22)11-17(16)18)12-27-8-9-28-30(25,26)15-4-1-13(2-5-15)21(23)24/h1-6,11,18-19,22H,7-10,12H2. The number of ether oxygens (including phenoxy) is 1. The van der Waals surface area contributed by atoms with Crippen LogP contribution in [0.4, 0.5) is 5.69 Å². The number of hydrogen-bond donors (Lipinski definition) is 1. The lowest BCUT2D eigenvalue weighted by atomic mass is 10.0. The third kappa shape index (κ3) is 5.73. The van der Waals surface area contributed by atoms with Crippen molar-refractivity contribution in [1.82, 2.24) is 0 Å². The predicted molar refractivity (Wildman–Crippen MR) is 117 cm³/mol. The molecule has 0 amide bonds. The van der Waals surface area contributed by atoms with E-state index in [0.717, 1.165) is 47.6 Å². The van der Waals surface area contributed by atoms with Crippen molar-refractivity contribution in [2.24, 2.45) is 0 Å². The zero-order valence-corrected chi connectivity index (χ0v) is 19.0. The van der Waals surface area contributed by atoms with Gasteiger partial charge in [-0.15, -0.1) is 0 Å². The maximum absolute atomic E-state index is 12.2. The third-order valence-electron chi connectivity index (χ3n) is 4.52. The number of nitrogens with zero attached hydrogens (tertiary/aromatic N) is 1. The molecule has 0 saturated carbocycles. The summed E-state index contributed by atoms with van der Waals surface area (Å²) in [6.07, 6.45) is 0.925. The molecule has 1 heterocycles. The molecule has 8 nitrogen and oxygen atoms in total. The van der Waals surface area contributed by atoms with Crippen LogP contribution >= 0.6 is 27.7 Å². The zero-order chi connectivity index (χ0) is 21.7. The highest BCUT2D eigenvalue weighted by molar-refractivity contribution is 9.09. The second kappa shape index (κ2) is 10.1. The molecule has 0 saturated heterocycles. The minimum Gasteiger partial charge on any atom is -0.508 e. The van der Waals surface area contributed by atoms with Crippen LogP contribution in [0, 0.1) is 10.1 Å². The number of thioether (sulfide) groups is 1. The Labute approximate surface area is 187 Å². The van der Waals surface area contributed by atoms with Gasteiger partial charge in [0.25, 0.3) is 15.8 Å². The van der Waals surface area contributed by atoms with Gasteiger partial charge in [0.05, 0.1) is 34.9 Å². The topological polar surface area (TPSA) is 116 Å². The number of rotatable bonds is 8. The summed E-state index contributed by atoms with van der Waals surface area (Å²) in [6.45, 7) is 0.289. The Morgan fingerprint density at radius 3 is 2.60 bits per heavy atom. The molecule has 2 unspecified atom stereocenters. The average Bonchev–Trinajstić information content (AvgIpc) is 2.86. The molecule has 1 aliphatic rings. The molecule has 11 heteroatoms. The first-order valence-corrected chi connectivity index (χ1v) is 12.5. The van der Waals surface area contributed by atoms with E-state index in [-0.39, 0.29) is 39.6 Å². The highest BCUT2D eigenvalue weighted by Gasteiger charge is 2.25. The SMILES string of the molecule is O=[N+]([O-])c1ccc(S(=O)(=O)OCCOCC2SCCC(Br)c3cc(O)ccc32)cc1. The second-order valence-electron chi connectivity index (χ2n) is 6.53. The molecule has 0 aromatic heterocycles. The summed E-state index contributed by atoms with van der Waals surface area (Å²) in [5, 5.41) is 20.5. The summed E-state index contributed by atoms with van der Waals surface area (Å²) >= 11 is 5.41. The number of benzene rings is 2. The Bertz CT molecular complexity index is 998. The molecular formula is C19H20BrNO7S2. The van der Waals surface area contributed by atoms with E-state index in [2.05, 4.69) is 15.9 Å². The number of hydrogen-bond acceptors (Lipinski definition) is 8. The molecule has 0 spiro atoms. The zero-order valence-electron chi connectivity index (χ0n) is 15.8. The Morgan fingerprint density at radius 2 is 1.90 bits per heavy atom. The quantitative estimate of drug-likeness (QED) is 0.181. The molecule has 162 valence electrons. The average molecular weight is 518 g/mol. The van der Waals surface area contributed by atoms with Gasteiger partial charge in [-0.25, -0.2) is 0 Å². The van der Waals surface area contributed by atoms with E-state index in [0.29, 0.717) is 6.61 Å². The van der Waals surface area contributed by atoms with Gasteiger partial charge >= 0.3 is 0 Å². The van der Waals surface area contributed by atoms with E-state index in [1.54, 1.807) is 23.9 Å². The molecule has 2 aromatic rings. The normalized spacial score (nSPS) is 19.1. The van der Waals surface area contributed by atoms with Gasteiger partial charge in [0.2, 0.25) is 0 Å². The lowest BCUT2D eigenvalue weighted by molar-refractivity contribution is -0.384. The summed E-state index contributed by atoms with van der Waals surface area (Å²) in [5.74, 6) is 1.14. The monoisotopic (exact) mass is 517 g/mol. The molecule has 30 heavy (non-hydrogen) atoms. The summed E-state index contributed by atoms with van der Waals surface area (Å²) < 4.78 is 35.0. The number of aromatic hydroxyl groups is 1. The van der Waals surface area contributed by atoms with Gasteiger partial charge < -0.3 is 9.84 Å². The molecule has 1 N–H and O–H groups in total. The van der Waals surface area contributed by atoms with Gasteiger partial charge in [-0.1, -0.05) is 22.0 Å². The smallest absolute Gasteiger partial charge is 0.297 e. The first-order valence-electron chi connectivity index (χ1n) is 9.08. The maximum Gasteiger partial charge on any atom is 0.297 e. The Kier molecular flexibility index (Phi) is 7.75. The Balaban J connectivity index is 1.52. The number of nitro benzene ring substituents is 1. The molecule has 0 aliphatic carbocycles. The Hall–Kier alpha value is -1.66. The Morgan fingerprint density at radius 1 is 1.17 bits per heavy atom. The second-order valence-corrected chi connectivity index (χ2v) is 10.6. The summed E-state index contributed by atoms with van der Waals surface area (Å²) in [5.41, 5.74) is 1.92. The van der Waals surface area contributed by atoms with Crippen molar-refractivity contribution in [3.63, 3.8) is 0 Å². The van der Waals surface area contributed by atoms with Crippen molar-refractivity contribution in [2.45, 2.75) is 21.4 Å². The van der Waals surface area contributed by atoms with E-state index < -0.39 is 15.0 Å². The van der Waals surface area contributed by atoms with Crippen molar-refractivity contribution >= 4 is 43.5 Å². The van der Waals surface area contributed by atoms with E-state index >= 15 is 0 Å². The van der Waals surface area contributed by atoms with Gasteiger partial charge in [-0.05, 0) is 47.6 Å². The molecule has 0 radical (unpaired) electrons. The van der Waals surface area contributed by atoms with E-state index in [1.807, 2.05) is 6.07 Å². The number of phenols is 1. The molecule has 0 bridgehead atoms. The number of nitro groups is 1. The van der Waals surface area contributed by atoms with Crippen LogP contribution in [0.1, 0.15) is 27.6 Å². The number of halogens is 1. The van der Waals surface area contributed by atoms with Crippen molar-refractivity contribution in [1.29, 1.82) is 0 Å². The van der Waals surface area contributed by atoms with Crippen molar-refractivity contribution < 1.29 is 27.4 Å². The highest BCUT2D eigenvalue weighted by Crippen LogP contribution is 2.44. The number of fused-ring (bicyclic) bond motifs is 1. The van der Waals surface area contributed by atoms with Crippen LogP contribution in [-0.4, -0.2) is 44.0 Å². The first-order chi connectivity index (χ1) is 14.3. The van der Waals surface area contributed by atoms with Crippen LogP contribution in [0.2, 0.25) is 0 Å². The van der Waals surface area contributed by atoms with Gasteiger partial charge in [0.15, 0.2) is 0 Å². The van der Waals surface area contributed by atoms with Gasteiger partial charge in [-0.3, -0.25) is 14.3 Å². The fourth-order valence-corrected chi connectivity index (χ4v) is 6.08. The number of non-ortho nitro benzene ring substituents is 1. The van der Waals surface area contributed by atoms with Crippen molar-refractivity contribution in [3.8, 4) is 5.75 Å². The van der Waals surface area contributed by atoms with Gasteiger partial charge in [0.1, 0.15) is 5.75 Å². The predicted octanol–water partition coefficient (Wildman–Crippen LogP) is 4.34. The molecule has 2 aromatic carbocycles. The molecule has 3 rings (SSSR count). The van der Waals surface area contributed by atoms with Crippen molar-refractivity contribution in [3.05, 3.63) is 63.7 Å². The van der Waals surface area contributed by atoms with Crippen LogP contribution in [0.15, 0.2) is 47.4 Å². The van der Waals surface area contributed by atoms with E-state index in [1.165, 1.54) is 0 Å². The summed E-state index contributed by atoms with van der Waals surface area (Å²) in [4.78, 5) is 10.1. The number of phenolic OH excluding ortho intramolecular Hbond substituents is 1. The van der Waals surface area contributed by atoms with E-state index in [9.17, 15) is 23.6 Å². The maximum atomic E-state index is 12.2. The molecule has 2 atom stereocenters. The largest absolute Gasteiger partial charge is 0.508 e. The minimum absolute atomic E-state index is 0.0643. The first kappa shape index (κ1) is 23.0. The lowest BCUT2D eigenvalue weighted by Crippen LogP contribution is -2.14. The fraction of sp³-hybridized carbons (Fsp3) is 0.368. The van der Waals surface area contributed by atoms with Gasteiger partial charge in [0, 0.05) is 17.0 Å². The summed E-state index contributed by atoms with van der Waals surface area (Å²) in [6, 6.07) is 9.80. The molecular weight excluding hydrogens is 498 g/mol. The molecule has 1 aliphatic heterocycles. The fourth-order valence-electron chi connectivity index (χ4n) is 3.02. The number of alkyl halides is 1. The highest BCUT2D eigenvalue weighted by atomic mass is 79.9. The molecule has 0 fully saturated rings. The van der Waals surface area contributed by atoms with Crippen molar-refractivity contribution in [2.75, 3.05) is 25.6 Å². The minimum atomic E-state index is -4.02.